The fourth-order valence-corrected chi connectivity index (χ4v) is 2.03. The molecule has 0 fully saturated rings. The number of hydrogen-bond donors (Lipinski definition) is 3. The lowest BCUT2D eigenvalue weighted by Crippen LogP contribution is -2.04. The molecular formula is C11H12O6. The largest absolute Gasteiger partial charge is 0.507 e. The van der Waals surface area contributed by atoms with Gasteiger partial charge in [0.15, 0.2) is 0 Å². The average Bonchev–Trinajstić information content (AvgIpc) is 2.57. The van der Waals surface area contributed by atoms with Crippen molar-refractivity contribution in [3.05, 3.63) is 22.3 Å². The highest BCUT2D eigenvalue weighted by Gasteiger charge is 2.38. The summed E-state index contributed by atoms with van der Waals surface area (Å²) in [5, 5.41) is 28.6. The Labute approximate surface area is 97.0 Å². The van der Waals surface area contributed by atoms with Crippen molar-refractivity contribution in [2.75, 3.05) is 7.11 Å². The van der Waals surface area contributed by atoms with Gasteiger partial charge in [0.1, 0.15) is 17.1 Å². The van der Waals surface area contributed by atoms with Gasteiger partial charge >= 0.3 is 5.97 Å². The standard InChI is InChI=1S/C11H12O6/c1-4-8(13)5(3-12)6-7(9(4)16-2)11(15)17-10(6)14/h10,12-14H,3H2,1-2H3. The van der Waals surface area contributed by atoms with Crippen LogP contribution in [0.3, 0.4) is 0 Å². The van der Waals surface area contributed by atoms with Gasteiger partial charge in [-0.05, 0) is 6.92 Å². The zero-order chi connectivity index (χ0) is 12.7. The number of ether oxygens (including phenoxy) is 2. The highest BCUT2D eigenvalue weighted by Crippen LogP contribution is 2.44. The summed E-state index contributed by atoms with van der Waals surface area (Å²) in [5.41, 5.74) is 0.523. The second-order valence-electron chi connectivity index (χ2n) is 3.69. The van der Waals surface area contributed by atoms with E-state index in [9.17, 15) is 20.1 Å². The Balaban J connectivity index is 2.85. The molecule has 0 aliphatic carbocycles. The maximum atomic E-state index is 11.6. The first-order valence-electron chi connectivity index (χ1n) is 4.95. The number of rotatable bonds is 2. The Morgan fingerprint density at radius 1 is 1.47 bits per heavy atom. The molecule has 1 aromatic rings. The zero-order valence-corrected chi connectivity index (χ0v) is 9.35. The molecule has 0 bridgehead atoms. The number of aliphatic hydroxyl groups is 2. The van der Waals surface area contributed by atoms with Crippen LogP contribution in [-0.4, -0.2) is 28.4 Å². The summed E-state index contributed by atoms with van der Waals surface area (Å²) < 4.78 is 9.67. The lowest BCUT2D eigenvalue weighted by atomic mass is 9.96. The van der Waals surface area contributed by atoms with Gasteiger partial charge in [-0.1, -0.05) is 0 Å². The van der Waals surface area contributed by atoms with Crippen LogP contribution < -0.4 is 4.74 Å². The fourth-order valence-electron chi connectivity index (χ4n) is 2.03. The van der Waals surface area contributed by atoms with E-state index < -0.39 is 18.9 Å². The molecule has 0 aromatic heterocycles. The van der Waals surface area contributed by atoms with Crippen LogP contribution in [0.15, 0.2) is 0 Å². The van der Waals surface area contributed by atoms with Gasteiger partial charge in [0.2, 0.25) is 6.29 Å². The lowest BCUT2D eigenvalue weighted by Gasteiger charge is -2.15. The molecule has 17 heavy (non-hydrogen) atoms. The third-order valence-corrected chi connectivity index (χ3v) is 2.84. The van der Waals surface area contributed by atoms with E-state index in [4.69, 9.17) is 4.74 Å². The quantitative estimate of drug-likeness (QED) is 0.646. The van der Waals surface area contributed by atoms with Gasteiger partial charge in [-0.2, -0.15) is 0 Å². The van der Waals surface area contributed by atoms with E-state index in [1.165, 1.54) is 7.11 Å². The maximum Gasteiger partial charge on any atom is 0.345 e. The number of fused-ring (bicyclic) bond motifs is 1. The van der Waals surface area contributed by atoms with Crippen molar-refractivity contribution in [3.8, 4) is 11.5 Å². The van der Waals surface area contributed by atoms with Crippen molar-refractivity contribution < 1.29 is 29.6 Å². The Morgan fingerprint density at radius 3 is 2.65 bits per heavy atom. The summed E-state index contributed by atoms with van der Waals surface area (Å²) in [6.45, 7) is 1.04. The molecule has 1 unspecified atom stereocenters. The summed E-state index contributed by atoms with van der Waals surface area (Å²) in [6.07, 6.45) is -1.49. The number of cyclic esters (lactones) is 1. The molecule has 1 aromatic carbocycles. The number of hydrogen-bond acceptors (Lipinski definition) is 6. The van der Waals surface area contributed by atoms with Crippen molar-refractivity contribution in [1.82, 2.24) is 0 Å². The Hall–Kier alpha value is -1.79. The van der Waals surface area contributed by atoms with Crippen LogP contribution in [0.5, 0.6) is 11.5 Å². The highest BCUT2D eigenvalue weighted by atomic mass is 16.6. The normalized spacial score (nSPS) is 17.9. The first-order valence-corrected chi connectivity index (χ1v) is 4.95. The third-order valence-electron chi connectivity index (χ3n) is 2.84. The van der Waals surface area contributed by atoms with Gasteiger partial charge in [-0.25, -0.2) is 4.79 Å². The van der Waals surface area contributed by atoms with Gasteiger partial charge in [0.05, 0.1) is 13.7 Å². The number of methoxy groups -OCH3 is 1. The fraction of sp³-hybridized carbons (Fsp3) is 0.364. The molecule has 92 valence electrons. The van der Waals surface area contributed by atoms with Gasteiger partial charge < -0.3 is 24.8 Å². The Morgan fingerprint density at radius 2 is 2.12 bits per heavy atom. The molecule has 0 spiro atoms. The number of benzene rings is 1. The molecule has 0 amide bonds. The minimum Gasteiger partial charge on any atom is -0.507 e. The summed E-state index contributed by atoms with van der Waals surface area (Å²) >= 11 is 0. The van der Waals surface area contributed by atoms with Crippen LogP contribution in [0, 0.1) is 6.92 Å². The second kappa shape index (κ2) is 3.90. The first kappa shape index (κ1) is 11.7. The predicted octanol–water partition coefficient (Wildman–Crippen LogP) is 0.363. The molecule has 0 saturated carbocycles. The Kier molecular flexibility index (Phi) is 2.68. The molecule has 1 aliphatic heterocycles. The van der Waals surface area contributed by atoms with Crippen molar-refractivity contribution in [1.29, 1.82) is 0 Å². The van der Waals surface area contributed by atoms with Gasteiger partial charge in [-0.15, -0.1) is 0 Å². The van der Waals surface area contributed by atoms with E-state index in [2.05, 4.69) is 4.74 Å². The molecule has 3 N–H and O–H groups in total. The monoisotopic (exact) mass is 240 g/mol. The number of aliphatic hydroxyl groups excluding tert-OH is 2. The van der Waals surface area contributed by atoms with Gasteiger partial charge in [0, 0.05) is 16.7 Å². The zero-order valence-electron chi connectivity index (χ0n) is 9.35. The predicted molar refractivity (Wildman–Crippen MR) is 55.7 cm³/mol. The summed E-state index contributed by atoms with van der Waals surface area (Å²) in [7, 11) is 1.35. The van der Waals surface area contributed by atoms with Crippen LogP contribution in [0.4, 0.5) is 0 Å². The molecule has 1 aliphatic rings. The van der Waals surface area contributed by atoms with E-state index in [1.54, 1.807) is 6.92 Å². The van der Waals surface area contributed by atoms with Gasteiger partial charge in [0.25, 0.3) is 0 Å². The molecule has 1 heterocycles. The van der Waals surface area contributed by atoms with Crippen LogP contribution in [0.1, 0.15) is 33.3 Å². The molecule has 0 saturated heterocycles. The molecule has 2 rings (SSSR count). The number of carbonyl (C=O) groups excluding carboxylic acids is 1. The molecule has 1 atom stereocenters. The summed E-state index contributed by atoms with van der Waals surface area (Å²) in [4.78, 5) is 11.6. The molecular weight excluding hydrogens is 228 g/mol. The third kappa shape index (κ3) is 1.45. The van der Waals surface area contributed by atoms with E-state index >= 15 is 0 Å². The minimum absolute atomic E-state index is 0.0550. The minimum atomic E-state index is -1.49. The van der Waals surface area contributed by atoms with E-state index in [0.29, 0.717) is 5.56 Å². The second-order valence-corrected chi connectivity index (χ2v) is 3.69. The van der Waals surface area contributed by atoms with Crippen LogP contribution >= 0.6 is 0 Å². The van der Waals surface area contributed by atoms with Crippen molar-refractivity contribution in [3.63, 3.8) is 0 Å². The van der Waals surface area contributed by atoms with Crippen LogP contribution in [0.2, 0.25) is 0 Å². The molecule has 6 heteroatoms. The lowest BCUT2D eigenvalue weighted by molar-refractivity contribution is -0.0556. The molecule has 0 radical (unpaired) electrons. The maximum absolute atomic E-state index is 11.6. The smallest absolute Gasteiger partial charge is 0.345 e. The van der Waals surface area contributed by atoms with E-state index in [1.807, 2.05) is 0 Å². The summed E-state index contributed by atoms with van der Waals surface area (Å²) in [6, 6.07) is 0. The van der Waals surface area contributed by atoms with E-state index in [-0.39, 0.29) is 28.2 Å². The number of carbonyl (C=O) groups is 1. The first-order chi connectivity index (χ1) is 8.02. The average molecular weight is 240 g/mol. The van der Waals surface area contributed by atoms with Crippen molar-refractivity contribution in [2.24, 2.45) is 0 Å². The molecule has 6 nitrogen and oxygen atoms in total. The van der Waals surface area contributed by atoms with Crippen LogP contribution in [-0.2, 0) is 11.3 Å². The number of esters is 1. The van der Waals surface area contributed by atoms with Crippen molar-refractivity contribution >= 4 is 5.97 Å². The van der Waals surface area contributed by atoms with Crippen molar-refractivity contribution in [2.45, 2.75) is 19.8 Å². The van der Waals surface area contributed by atoms with Crippen LogP contribution in [0.25, 0.3) is 0 Å². The Bertz CT molecular complexity index is 493. The SMILES string of the molecule is COc1c(C)c(O)c(CO)c2c1C(=O)OC2O. The van der Waals surface area contributed by atoms with E-state index in [0.717, 1.165) is 0 Å². The van der Waals surface area contributed by atoms with Gasteiger partial charge in [-0.3, -0.25) is 0 Å². The number of phenols is 1. The highest BCUT2D eigenvalue weighted by molar-refractivity contribution is 5.98. The summed E-state index contributed by atoms with van der Waals surface area (Å²) in [5.74, 6) is -0.793. The topological polar surface area (TPSA) is 96.2 Å². The number of aromatic hydroxyl groups is 1.